The average Bonchev–Trinajstić information content (AvgIpc) is 2.25. The molecule has 0 saturated heterocycles. The van der Waals surface area contributed by atoms with Gasteiger partial charge in [-0.3, -0.25) is 4.79 Å². The quantitative estimate of drug-likeness (QED) is 0.525. The molecule has 0 aromatic rings. The summed E-state index contributed by atoms with van der Waals surface area (Å²) in [5.74, 6) is 0.424. The first-order valence-corrected chi connectivity index (χ1v) is 7.28. The van der Waals surface area contributed by atoms with E-state index in [-0.39, 0.29) is 0 Å². The van der Waals surface area contributed by atoms with E-state index in [9.17, 15) is 4.79 Å². The smallest absolute Gasteiger partial charge is 0.303 e. The standard InChI is InChI=1S/C15H30O2/c1-4-5-6-7-8-9-13(2)10-11-14(3)12-15(16)17/h13-14H,4-12H2,1-3H3,(H,16,17). The van der Waals surface area contributed by atoms with Crippen LogP contribution in [0.1, 0.15) is 78.6 Å². The molecular weight excluding hydrogens is 212 g/mol. The van der Waals surface area contributed by atoms with Gasteiger partial charge in [-0.25, -0.2) is 0 Å². The van der Waals surface area contributed by atoms with Crippen LogP contribution in [0.5, 0.6) is 0 Å². The number of carboxylic acid groups (broad SMARTS) is 1. The van der Waals surface area contributed by atoms with Crippen LogP contribution >= 0.6 is 0 Å². The van der Waals surface area contributed by atoms with Crippen LogP contribution in [-0.2, 0) is 4.79 Å². The maximum absolute atomic E-state index is 10.5. The second-order valence-electron chi connectivity index (χ2n) is 5.59. The van der Waals surface area contributed by atoms with E-state index in [1.807, 2.05) is 6.92 Å². The van der Waals surface area contributed by atoms with Crippen molar-refractivity contribution in [1.29, 1.82) is 0 Å². The van der Waals surface area contributed by atoms with Crippen LogP contribution in [0.25, 0.3) is 0 Å². The van der Waals surface area contributed by atoms with Crippen molar-refractivity contribution in [1.82, 2.24) is 0 Å². The van der Waals surface area contributed by atoms with Crippen molar-refractivity contribution in [3.8, 4) is 0 Å². The highest BCUT2D eigenvalue weighted by Crippen LogP contribution is 2.20. The van der Waals surface area contributed by atoms with Gasteiger partial charge in [-0.2, -0.15) is 0 Å². The third-order valence-electron chi connectivity index (χ3n) is 3.48. The van der Waals surface area contributed by atoms with Crippen LogP contribution in [0.15, 0.2) is 0 Å². The zero-order valence-electron chi connectivity index (χ0n) is 11.9. The number of unbranched alkanes of at least 4 members (excludes halogenated alkanes) is 4. The molecule has 0 rings (SSSR count). The summed E-state index contributed by atoms with van der Waals surface area (Å²) in [7, 11) is 0. The molecule has 2 atom stereocenters. The number of aliphatic carboxylic acids is 1. The van der Waals surface area contributed by atoms with Crippen LogP contribution < -0.4 is 0 Å². The highest BCUT2D eigenvalue weighted by Gasteiger charge is 2.09. The predicted molar refractivity (Wildman–Crippen MR) is 73.2 cm³/mol. The van der Waals surface area contributed by atoms with E-state index in [4.69, 9.17) is 5.11 Å². The fourth-order valence-corrected chi connectivity index (χ4v) is 2.21. The van der Waals surface area contributed by atoms with E-state index >= 15 is 0 Å². The van der Waals surface area contributed by atoms with E-state index in [1.165, 1.54) is 44.9 Å². The van der Waals surface area contributed by atoms with E-state index in [0.717, 1.165) is 12.3 Å². The Morgan fingerprint density at radius 3 is 2.12 bits per heavy atom. The summed E-state index contributed by atoms with van der Waals surface area (Å²) in [6.45, 7) is 6.59. The first kappa shape index (κ1) is 16.5. The number of carboxylic acids is 1. The molecule has 102 valence electrons. The van der Waals surface area contributed by atoms with Gasteiger partial charge in [-0.15, -0.1) is 0 Å². The van der Waals surface area contributed by atoms with Gasteiger partial charge in [0.25, 0.3) is 0 Å². The highest BCUT2D eigenvalue weighted by atomic mass is 16.4. The molecule has 1 N–H and O–H groups in total. The Morgan fingerprint density at radius 1 is 0.941 bits per heavy atom. The first-order valence-electron chi connectivity index (χ1n) is 7.28. The predicted octanol–water partition coefficient (Wildman–Crippen LogP) is 4.87. The van der Waals surface area contributed by atoms with Gasteiger partial charge in [-0.1, -0.05) is 65.7 Å². The SMILES string of the molecule is CCCCCCCC(C)CCC(C)CC(=O)O. The summed E-state index contributed by atoms with van der Waals surface area (Å²) >= 11 is 0. The average molecular weight is 242 g/mol. The maximum atomic E-state index is 10.5. The summed E-state index contributed by atoms with van der Waals surface area (Å²) in [6.07, 6.45) is 10.6. The van der Waals surface area contributed by atoms with Crippen molar-refractivity contribution in [2.75, 3.05) is 0 Å². The summed E-state index contributed by atoms with van der Waals surface area (Å²) in [6, 6.07) is 0. The number of carbonyl (C=O) groups is 1. The molecular formula is C15H30O2. The zero-order chi connectivity index (χ0) is 13.1. The van der Waals surface area contributed by atoms with Crippen molar-refractivity contribution in [2.24, 2.45) is 11.8 Å². The lowest BCUT2D eigenvalue weighted by Gasteiger charge is -2.14. The largest absolute Gasteiger partial charge is 0.481 e. The van der Waals surface area contributed by atoms with Crippen LogP contribution in [0.2, 0.25) is 0 Å². The number of hydrogen-bond acceptors (Lipinski definition) is 1. The first-order chi connectivity index (χ1) is 8.06. The summed E-state index contributed by atoms with van der Waals surface area (Å²) in [4.78, 5) is 10.5. The minimum Gasteiger partial charge on any atom is -0.481 e. The molecule has 0 spiro atoms. The maximum Gasteiger partial charge on any atom is 0.303 e. The second kappa shape index (κ2) is 10.6. The minimum absolute atomic E-state index is 0.323. The number of hydrogen-bond donors (Lipinski definition) is 1. The Balaban J connectivity index is 3.39. The molecule has 0 aliphatic rings. The van der Waals surface area contributed by atoms with E-state index < -0.39 is 5.97 Å². The molecule has 0 aromatic carbocycles. The van der Waals surface area contributed by atoms with Gasteiger partial charge in [0, 0.05) is 6.42 Å². The van der Waals surface area contributed by atoms with E-state index in [0.29, 0.717) is 12.3 Å². The molecule has 0 amide bonds. The van der Waals surface area contributed by atoms with Crippen LogP contribution in [0, 0.1) is 11.8 Å². The van der Waals surface area contributed by atoms with Gasteiger partial charge in [0.05, 0.1) is 0 Å². The molecule has 0 bridgehead atoms. The Hall–Kier alpha value is -0.530. The van der Waals surface area contributed by atoms with Crippen LogP contribution in [0.4, 0.5) is 0 Å². The minimum atomic E-state index is -0.662. The fraction of sp³-hybridized carbons (Fsp3) is 0.933. The van der Waals surface area contributed by atoms with Crippen molar-refractivity contribution in [3.05, 3.63) is 0 Å². The van der Waals surface area contributed by atoms with E-state index in [1.54, 1.807) is 0 Å². The fourth-order valence-electron chi connectivity index (χ4n) is 2.21. The lowest BCUT2D eigenvalue weighted by atomic mass is 9.92. The highest BCUT2D eigenvalue weighted by molar-refractivity contribution is 5.66. The van der Waals surface area contributed by atoms with Gasteiger partial charge >= 0.3 is 5.97 Å². The van der Waals surface area contributed by atoms with E-state index in [2.05, 4.69) is 13.8 Å². The summed E-state index contributed by atoms with van der Waals surface area (Å²) in [5, 5.41) is 8.67. The zero-order valence-corrected chi connectivity index (χ0v) is 11.9. The second-order valence-corrected chi connectivity index (χ2v) is 5.59. The van der Waals surface area contributed by atoms with Gasteiger partial charge in [-0.05, 0) is 18.3 Å². The normalized spacial score (nSPS) is 14.5. The molecule has 17 heavy (non-hydrogen) atoms. The number of rotatable bonds is 11. The van der Waals surface area contributed by atoms with Gasteiger partial charge in [0.2, 0.25) is 0 Å². The third-order valence-corrected chi connectivity index (χ3v) is 3.48. The lowest BCUT2D eigenvalue weighted by molar-refractivity contribution is -0.138. The van der Waals surface area contributed by atoms with Crippen LogP contribution in [0.3, 0.4) is 0 Å². The molecule has 2 nitrogen and oxygen atoms in total. The Kier molecular flexibility index (Phi) is 10.3. The molecule has 0 saturated carbocycles. The van der Waals surface area contributed by atoms with Crippen LogP contribution in [-0.4, -0.2) is 11.1 Å². The third kappa shape index (κ3) is 11.7. The van der Waals surface area contributed by atoms with Crippen molar-refractivity contribution in [2.45, 2.75) is 78.6 Å². The topological polar surface area (TPSA) is 37.3 Å². The summed E-state index contributed by atoms with van der Waals surface area (Å²) in [5.41, 5.74) is 0. The molecule has 0 aliphatic heterocycles. The Labute approximate surface area is 107 Å². The molecule has 2 unspecified atom stereocenters. The molecule has 2 heteroatoms. The van der Waals surface area contributed by atoms with Gasteiger partial charge in [0.1, 0.15) is 0 Å². The monoisotopic (exact) mass is 242 g/mol. The van der Waals surface area contributed by atoms with Gasteiger partial charge in [0.15, 0.2) is 0 Å². The summed E-state index contributed by atoms with van der Waals surface area (Å²) < 4.78 is 0. The molecule has 0 heterocycles. The lowest BCUT2D eigenvalue weighted by Crippen LogP contribution is -2.06. The molecule has 0 aromatic heterocycles. The Bertz CT molecular complexity index is 189. The van der Waals surface area contributed by atoms with Crippen molar-refractivity contribution >= 4 is 5.97 Å². The Morgan fingerprint density at radius 2 is 1.53 bits per heavy atom. The molecule has 0 fully saturated rings. The molecule has 0 aliphatic carbocycles. The van der Waals surface area contributed by atoms with Crippen molar-refractivity contribution in [3.63, 3.8) is 0 Å². The molecule has 0 radical (unpaired) electrons. The van der Waals surface area contributed by atoms with Gasteiger partial charge < -0.3 is 5.11 Å². The van der Waals surface area contributed by atoms with Crippen molar-refractivity contribution < 1.29 is 9.90 Å².